The second kappa shape index (κ2) is 6.66. The molecule has 1 aliphatic heterocycles. The lowest BCUT2D eigenvalue weighted by Gasteiger charge is -2.26. The molecule has 6 heteroatoms. The highest BCUT2D eigenvalue weighted by molar-refractivity contribution is 6.01. The van der Waals surface area contributed by atoms with Gasteiger partial charge in [0.25, 0.3) is 5.91 Å². The number of fused-ring (bicyclic) bond motifs is 1. The molecular weight excluding hydrogens is 298 g/mol. The molecule has 6 nitrogen and oxygen atoms in total. The number of rotatable bonds is 4. The van der Waals surface area contributed by atoms with Crippen LogP contribution >= 0.6 is 0 Å². The summed E-state index contributed by atoms with van der Waals surface area (Å²) in [5, 5.41) is 11.1. The minimum absolute atomic E-state index is 0.0376. The molecule has 0 aromatic heterocycles. The molecule has 1 fully saturated rings. The molecule has 1 aliphatic rings. The number of carbonyl (C=O) groups is 2. The molecule has 120 valence electrons. The molecule has 2 aromatic carbocycles. The molecule has 0 bridgehead atoms. The number of morpholine rings is 1. The Bertz CT molecular complexity index is 737. The Morgan fingerprint density at radius 2 is 2.04 bits per heavy atom. The Hall–Kier alpha value is -2.60. The SMILES string of the molecule is O=Cc1c(O)ccc2cc(OCC(=O)N3CCOCC3)ccc12. The van der Waals surface area contributed by atoms with E-state index in [1.807, 2.05) is 0 Å². The van der Waals surface area contributed by atoms with Crippen LogP contribution in [0.5, 0.6) is 11.5 Å². The first-order chi connectivity index (χ1) is 11.2. The largest absolute Gasteiger partial charge is 0.507 e. The van der Waals surface area contributed by atoms with Crippen LogP contribution in [0, 0.1) is 0 Å². The molecule has 1 N–H and O–H groups in total. The molecular formula is C17H17NO5. The van der Waals surface area contributed by atoms with E-state index in [1.165, 1.54) is 6.07 Å². The number of ether oxygens (including phenoxy) is 2. The number of carbonyl (C=O) groups excluding carboxylic acids is 2. The Morgan fingerprint density at radius 3 is 2.78 bits per heavy atom. The molecule has 0 saturated carbocycles. The van der Waals surface area contributed by atoms with Crippen molar-refractivity contribution in [2.75, 3.05) is 32.9 Å². The first-order valence-corrected chi connectivity index (χ1v) is 7.38. The summed E-state index contributed by atoms with van der Waals surface area (Å²) in [6, 6.07) is 8.30. The Kier molecular flexibility index (Phi) is 4.43. The maximum Gasteiger partial charge on any atom is 0.260 e. The number of hydrogen-bond acceptors (Lipinski definition) is 5. The summed E-state index contributed by atoms with van der Waals surface area (Å²) in [5.41, 5.74) is 0.249. The van der Waals surface area contributed by atoms with Crippen LogP contribution in [0.4, 0.5) is 0 Å². The molecule has 0 radical (unpaired) electrons. The number of amides is 1. The number of hydrogen-bond donors (Lipinski definition) is 1. The van der Waals surface area contributed by atoms with Crippen LogP contribution in [0.3, 0.4) is 0 Å². The number of nitrogens with zero attached hydrogens (tertiary/aromatic N) is 1. The van der Waals surface area contributed by atoms with Crippen molar-refractivity contribution in [3.05, 3.63) is 35.9 Å². The zero-order chi connectivity index (χ0) is 16.2. The fraction of sp³-hybridized carbons (Fsp3) is 0.294. The number of phenolic OH excluding ortho intramolecular Hbond substituents is 1. The topological polar surface area (TPSA) is 76.1 Å². The highest BCUT2D eigenvalue weighted by Crippen LogP contribution is 2.28. The van der Waals surface area contributed by atoms with Gasteiger partial charge < -0.3 is 19.5 Å². The van der Waals surface area contributed by atoms with Gasteiger partial charge in [-0.25, -0.2) is 0 Å². The van der Waals surface area contributed by atoms with Gasteiger partial charge in [-0.05, 0) is 35.0 Å². The molecule has 1 heterocycles. The summed E-state index contributed by atoms with van der Waals surface area (Å²) in [6.07, 6.45) is 0.625. The maximum absolute atomic E-state index is 12.0. The van der Waals surface area contributed by atoms with Crippen molar-refractivity contribution in [3.8, 4) is 11.5 Å². The lowest BCUT2D eigenvalue weighted by atomic mass is 10.0. The van der Waals surface area contributed by atoms with Crippen LogP contribution in [0.2, 0.25) is 0 Å². The first-order valence-electron chi connectivity index (χ1n) is 7.38. The summed E-state index contributed by atoms with van der Waals surface area (Å²) >= 11 is 0. The smallest absolute Gasteiger partial charge is 0.260 e. The van der Waals surface area contributed by atoms with E-state index in [4.69, 9.17) is 9.47 Å². The van der Waals surface area contributed by atoms with E-state index < -0.39 is 0 Å². The predicted octanol–water partition coefficient (Wildman–Crippen LogP) is 1.60. The molecule has 0 atom stereocenters. The maximum atomic E-state index is 12.0. The van der Waals surface area contributed by atoms with Crippen LogP contribution in [0.1, 0.15) is 10.4 Å². The molecule has 0 aliphatic carbocycles. The molecule has 0 spiro atoms. The summed E-state index contributed by atoms with van der Waals surface area (Å²) < 4.78 is 10.8. The third kappa shape index (κ3) is 3.27. The second-order valence-electron chi connectivity index (χ2n) is 5.28. The van der Waals surface area contributed by atoms with Crippen LogP contribution in [-0.2, 0) is 9.53 Å². The van der Waals surface area contributed by atoms with Gasteiger partial charge in [-0.2, -0.15) is 0 Å². The monoisotopic (exact) mass is 315 g/mol. The zero-order valence-corrected chi connectivity index (χ0v) is 12.5. The van der Waals surface area contributed by atoms with Gasteiger partial charge in [0, 0.05) is 13.1 Å². The average Bonchev–Trinajstić information content (AvgIpc) is 2.60. The Balaban J connectivity index is 1.72. The molecule has 1 amide bonds. The minimum atomic E-state index is -0.0762. The number of benzene rings is 2. The van der Waals surface area contributed by atoms with Gasteiger partial charge >= 0.3 is 0 Å². The van der Waals surface area contributed by atoms with Gasteiger partial charge in [-0.15, -0.1) is 0 Å². The molecule has 3 rings (SSSR count). The van der Waals surface area contributed by atoms with Crippen LogP contribution in [0.25, 0.3) is 10.8 Å². The van der Waals surface area contributed by atoms with E-state index in [0.717, 1.165) is 5.39 Å². The van der Waals surface area contributed by atoms with E-state index in [0.29, 0.717) is 43.7 Å². The molecule has 0 unspecified atom stereocenters. The number of aldehydes is 1. The second-order valence-corrected chi connectivity index (χ2v) is 5.28. The summed E-state index contributed by atoms with van der Waals surface area (Å²) in [5.74, 6) is 0.415. The van der Waals surface area contributed by atoms with Crippen LogP contribution in [0.15, 0.2) is 30.3 Å². The van der Waals surface area contributed by atoms with Crippen molar-refractivity contribution in [2.45, 2.75) is 0 Å². The van der Waals surface area contributed by atoms with Crippen LogP contribution < -0.4 is 4.74 Å². The standard InChI is InChI=1S/C17H17NO5/c19-10-15-14-3-2-13(9-12(14)1-4-16(15)20)23-11-17(21)18-5-7-22-8-6-18/h1-4,9-10,20H,5-8,11H2. The fourth-order valence-corrected chi connectivity index (χ4v) is 2.58. The Morgan fingerprint density at radius 1 is 1.26 bits per heavy atom. The van der Waals surface area contributed by atoms with E-state index in [2.05, 4.69) is 0 Å². The van der Waals surface area contributed by atoms with Crippen LogP contribution in [-0.4, -0.2) is 55.1 Å². The summed E-state index contributed by atoms with van der Waals surface area (Å²) in [4.78, 5) is 24.8. The van der Waals surface area contributed by atoms with Gasteiger partial charge in [-0.1, -0.05) is 6.07 Å². The average molecular weight is 315 g/mol. The highest BCUT2D eigenvalue weighted by Gasteiger charge is 2.17. The van der Waals surface area contributed by atoms with E-state index >= 15 is 0 Å². The summed E-state index contributed by atoms with van der Waals surface area (Å²) in [6.45, 7) is 2.24. The lowest BCUT2D eigenvalue weighted by Crippen LogP contribution is -2.42. The van der Waals surface area contributed by atoms with Crippen molar-refractivity contribution in [3.63, 3.8) is 0 Å². The Labute approximate surface area is 133 Å². The van der Waals surface area contributed by atoms with Gasteiger partial charge in [0.1, 0.15) is 11.5 Å². The molecule has 23 heavy (non-hydrogen) atoms. The number of aromatic hydroxyl groups is 1. The fourth-order valence-electron chi connectivity index (χ4n) is 2.58. The van der Waals surface area contributed by atoms with Gasteiger partial charge in [0.15, 0.2) is 12.9 Å². The van der Waals surface area contributed by atoms with E-state index in [-0.39, 0.29) is 23.8 Å². The van der Waals surface area contributed by atoms with Crippen molar-refractivity contribution in [1.29, 1.82) is 0 Å². The quantitative estimate of drug-likeness (QED) is 0.867. The van der Waals surface area contributed by atoms with Gasteiger partial charge in [0.05, 0.1) is 18.8 Å². The predicted molar refractivity (Wildman–Crippen MR) is 83.9 cm³/mol. The minimum Gasteiger partial charge on any atom is -0.507 e. The van der Waals surface area contributed by atoms with Gasteiger partial charge in [-0.3, -0.25) is 9.59 Å². The molecule has 1 saturated heterocycles. The van der Waals surface area contributed by atoms with Gasteiger partial charge in [0.2, 0.25) is 0 Å². The normalized spacial score (nSPS) is 14.7. The van der Waals surface area contributed by atoms with Crippen molar-refractivity contribution in [2.24, 2.45) is 0 Å². The van der Waals surface area contributed by atoms with Crippen molar-refractivity contribution < 1.29 is 24.2 Å². The molecule has 2 aromatic rings. The highest BCUT2D eigenvalue weighted by atomic mass is 16.5. The first kappa shape index (κ1) is 15.3. The van der Waals surface area contributed by atoms with Crippen molar-refractivity contribution in [1.82, 2.24) is 4.90 Å². The lowest BCUT2D eigenvalue weighted by molar-refractivity contribution is -0.137. The zero-order valence-electron chi connectivity index (χ0n) is 12.5. The summed E-state index contributed by atoms with van der Waals surface area (Å²) in [7, 11) is 0. The third-order valence-electron chi connectivity index (χ3n) is 3.85. The van der Waals surface area contributed by atoms with E-state index in [1.54, 1.807) is 29.2 Å². The third-order valence-corrected chi connectivity index (χ3v) is 3.85. The van der Waals surface area contributed by atoms with Crippen molar-refractivity contribution >= 4 is 23.0 Å². The van der Waals surface area contributed by atoms with E-state index in [9.17, 15) is 14.7 Å². The number of phenols is 1.